The minimum Gasteiger partial charge on any atom is -0.297 e. The molecule has 0 bridgehead atoms. The number of hydroxylamine groups is 2. The van der Waals surface area contributed by atoms with Crippen molar-refractivity contribution in [3.05, 3.63) is 33.8 Å². The number of sulfonamides is 1. The van der Waals surface area contributed by atoms with Crippen molar-refractivity contribution in [2.45, 2.75) is 31.2 Å². The van der Waals surface area contributed by atoms with Crippen LogP contribution in [0.25, 0.3) is 0 Å². The minimum atomic E-state index is -3.52. The van der Waals surface area contributed by atoms with Crippen molar-refractivity contribution in [1.82, 2.24) is 9.37 Å². The monoisotopic (exact) mass is 366 g/mol. The molecule has 0 aliphatic carbocycles. The molecular weight excluding hydrogens is 347 g/mol. The van der Waals surface area contributed by atoms with Crippen LogP contribution < -0.4 is 0 Å². The maximum atomic E-state index is 12.8. The van der Waals surface area contributed by atoms with E-state index in [1.165, 1.54) is 4.31 Å². The highest BCUT2D eigenvalue weighted by Crippen LogP contribution is 2.38. The molecule has 0 saturated carbocycles. The van der Waals surface area contributed by atoms with Crippen LogP contribution >= 0.6 is 23.2 Å². The third kappa shape index (κ3) is 3.27. The lowest BCUT2D eigenvalue weighted by Gasteiger charge is -2.29. The van der Waals surface area contributed by atoms with Crippen LogP contribution in [0, 0.1) is 0 Å². The smallest absolute Gasteiger partial charge is 0.221 e. The first kappa shape index (κ1) is 18.0. The summed E-state index contributed by atoms with van der Waals surface area (Å²) in [6.07, 6.45) is 0. The summed E-state index contributed by atoms with van der Waals surface area (Å²) in [7, 11) is -0.229. The Kier molecular flexibility index (Phi) is 5.42. The molecule has 22 heavy (non-hydrogen) atoms. The van der Waals surface area contributed by atoms with Crippen molar-refractivity contribution in [2.24, 2.45) is 0 Å². The van der Waals surface area contributed by atoms with Gasteiger partial charge in [0.1, 0.15) is 5.25 Å². The van der Waals surface area contributed by atoms with Crippen LogP contribution in [-0.4, -0.2) is 49.8 Å². The Bertz CT molecular complexity index is 651. The van der Waals surface area contributed by atoms with E-state index in [2.05, 4.69) is 0 Å². The van der Waals surface area contributed by atoms with E-state index in [0.717, 1.165) is 0 Å². The summed E-state index contributed by atoms with van der Waals surface area (Å²) in [5, 5.41) is 1.77. The number of benzene rings is 1. The predicted octanol–water partition coefficient (Wildman–Crippen LogP) is 2.95. The third-order valence-corrected chi connectivity index (χ3v) is 6.92. The van der Waals surface area contributed by atoms with Gasteiger partial charge in [-0.1, -0.05) is 29.3 Å². The molecule has 124 valence electrons. The van der Waals surface area contributed by atoms with Gasteiger partial charge in [0, 0.05) is 30.2 Å². The molecule has 0 aromatic heterocycles. The van der Waals surface area contributed by atoms with Gasteiger partial charge in [0.15, 0.2) is 0 Å². The summed E-state index contributed by atoms with van der Waals surface area (Å²) in [6.45, 7) is 3.77. The molecule has 1 aliphatic heterocycles. The maximum absolute atomic E-state index is 12.8. The average Bonchev–Trinajstić information content (AvgIpc) is 2.80. The van der Waals surface area contributed by atoms with Crippen molar-refractivity contribution in [2.75, 3.05) is 20.7 Å². The van der Waals surface area contributed by atoms with Crippen LogP contribution in [0.15, 0.2) is 18.2 Å². The fourth-order valence-electron chi connectivity index (χ4n) is 2.49. The standard InChI is InChI=1S/C14H20Cl2N2O3S/c1-9(2)18(4)22(19,20)13-8-21-17(3)14(13)11-6-5-10(15)7-12(11)16/h5-7,9,13-14H,8H2,1-4H3. The number of hydrogen-bond acceptors (Lipinski definition) is 4. The summed E-state index contributed by atoms with van der Waals surface area (Å²) in [5.41, 5.74) is 0.691. The van der Waals surface area contributed by atoms with E-state index in [-0.39, 0.29) is 12.6 Å². The minimum absolute atomic E-state index is 0.0967. The summed E-state index contributed by atoms with van der Waals surface area (Å²) < 4.78 is 27.0. The second-order valence-corrected chi connectivity index (χ2v) is 8.70. The van der Waals surface area contributed by atoms with Gasteiger partial charge >= 0.3 is 0 Å². The molecule has 5 nitrogen and oxygen atoms in total. The summed E-state index contributed by atoms with van der Waals surface area (Å²) >= 11 is 12.2. The van der Waals surface area contributed by atoms with E-state index in [1.54, 1.807) is 37.4 Å². The van der Waals surface area contributed by atoms with Crippen LogP contribution in [-0.2, 0) is 14.9 Å². The Morgan fingerprint density at radius 3 is 2.55 bits per heavy atom. The molecular formula is C14H20Cl2N2O3S. The van der Waals surface area contributed by atoms with Gasteiger partial charge in [-0.15, -0.1) is 0 Å². The Morgan fingerprint density at radius 2 is 2.00 bits per heavy atom. The van der Waals surface area contributed by atoms with Crippen molar-refractivity contribution in [1.29, 1.82) is 0 Å². The van der Waals surface area contributed by atoms with Gasteiger partial charge < -0.3 is 0 Å². The normalized spacial score (nSPS) is 23.6. The zero-order valence-electron chi connectivity index (χ0n) is 13.0. The molecule has 1 aliphatic rings. The summed E-state index contributed by atoms with van der Waals surface area (Å²) in [6, 6.07) is 4.46. The molecule has 0 radical (unpaired) electrons. The zero-order valence-corrected chi connectivity index (χ0v) is 15.3. The van der Waals surface area contributed by atoms with Crippen LogP contribution in [0.1, 0.15) is 25.5 Å². The highest BCUT2D eigenvalue weighted by molar-refractivity contribution is 7.89. The van der Waals surface area contributed by atoms with Gasteiger partial charge in [-0.25, -0.2) is 12.7 Å². The SMILES string of the molecule is CC(C)N(C)S(=O)(=O)C1CON(C)C1c1ccc(Cl)cc1Cl. The first-order valence-corrected chi connectivity index (χ1v) is 9.19. The number of nitrogens with zero attached hydrogens (tertiary/aromatic N) is 2. The summed E-state index contributed by atoms with van der Waals surface area (Å²) in [5.74, 6) is 0. The Hall–Kier alpha value is -0.370. The molecule has 1 aromatic carbocycles. The van der Waals surface area contributed by atoms with Crippen molar-refractivity contribution in [3.8, 4) is 0 Å². The molecule has 1 fully saturated rings. The second kappa shape index (κ2) is 6.63. The van der Waals surface area contributed by atoms with E-state index < -0.39 is 21.3 Å². The molecule has 2 rings (SSSR count). The zero-order chi connectivity index (χ0) is 16.7. The lowest BCUT2D eigenvalue weighted by atomic mass is 10.0. The van der Waals surface area contributed by atoms with Crippen LogP contribution in [0.2, 0.25) is 10.0 Å². The number of halogens is 2. The topological polar surface area (TPSA) is 49.9 Å². The second-order valence-electron chi connectivity index (χ2n) is 5.65. The Balaban J connectivity index is 2.44. The van der Waals surface area contributed by atoms with Crippen molar-refractivity contribution >= 4 is 33.2 Å². The first-order valence-electron chi connectivity index (χ1n) is 6.93. The van der Waals surface area contributed by atoms with Crippen molar-refractivity contribution < 1.29 is 13.3 Å². The fourth-order valence-corrected chi connectivity index (χ4v) is 4.90. The van der Waals surface area contributed by atoms with Gasteiger partial charge in [0.2, 0.25) is 10.0 Å². The van der Waals surface area contributed by atoms with Crippen LogP contribution in [0.4, 0.5) is 0 Å². The highest BCUT2D eigenvalue weighted by Gasteiger charge is 2.46. The Labute approximate surface area is 141 Å². The van der Waals surface area contributed by atoms with E-state index in [9.17, 15) is 8.42 Å². The third-order valence-electron chi connectivity index (χ3n) is 3.98. The van der Waals surface area contributed by atoms with E-state index >= 15 is 0 Å². The molecule has 2 atom stereocenters. The van der Waals surface area contributed by atoms with Gasteiger partial charge in [-0.3, -0.25) is 4.84 Å². The van der Waals surface area contributed by atoms with Crippen LogP contribution in [0.5, 0.6) is 0 Å². The average molecular weight is 367 g/mol. The highest BCUT2D eigenvalue weighted by atomic mass is 35.5. The van der Waals surface area contributed by atoms with E-state index in [4.69, 9.17) is 28.0 Å². The summed E-state index contributed by atoms with van der Waals surface area (Å²) in [4.78, 5) is 5.47. The number of hydrogen-bond donors (Lipinski definition) is 0. The first-order chi connectivity index (χ1) is 10.2. The fraction of sp³-hybridized carbons (Fsp3) is 0.571. The van der Waals surface area contributed by atoms with Crippen molar-refractivity contribution in [3.63, 3.8) is 0 Å². The molecule has 0 N–H and O–H groups in total. The van der Waals surface area contributed by atoms with E-state index in [1.807, 2.05) is 13.8 Å². The van der Waals surface area contributed by atoms with Gasteiger partial charge in [0.05, 0.1) is 12.6 Å². The largest absolute Gasteiger partial charge is 0.297 e. The Morgan fingerprint density at radius 1 is 1.36 bits per heavy atom. The molecule has 0 spiro atoms. The number of rotatable bonds is 4. The van der Waals surface area contributed by atoms with E-state index in [0.29, 0.717) is 15.6 Å². The molecule has 2 unspecified atom stereocenters. The lowest BCUT2D eigenvalue weighted by molar-refractivity contribution is -0.110. The maximum Gasteiger partial charge on any atom is 0.221 e. The molecule has 8 heteroatoms. The molecule has 1 saturated heterocycles. The predicted molar refractivity (Wildman–Crippen MR) is 88.5 cm³/mol. The quantitative estimate of drug-likeness (QED) is 0.821. The molecule has 1 aromatic rings. The lowest BCUT2D eigenvalue weighted by Crippen LogP contribution is -2.43. The molecule has 0 amide bonds. The van der Waals surface area contributed by atoms with Gasteiger partial charge in [-0.2, -0.15) is 5.06 Å². The van der Waals surface area contributed by atoms with Gasteiger partial charge in [0.25, 0.3) is 0 Å². The molecule has 1 heterocycles. The van der Waals surface area contributed by atoms with Crippen LogP contribution in [0.3, 0.4) is 0 Å². The van der Waals surface area contributed by atoms with Gasteiger partial charge in [-0.05, 0) is 31.5 Å².